The standard InChI is InChI=1S/C34H38O17/c1-8-22(35)43-16-20-31(48-26(39)12-5)29(42)30(47-25(38)11-4)19(46-20)15-34(18-45-24(37)10-3)33(50-28(41)14-7)32(49-27(40)13-6)21(51-34)17-44-23(36)9-2/h8-14,19-21,29-33,42H,1-7,15-18H2. The normalized spacial score (nSPS) is 27.9. The fourth-order valence-electron chi connectivity index (χ4n) is 5.07. The van der Waals surface area contributed by atoms with E-state index in [1.165, 1.54) is 0 Å². The number of hydrogen-bond acceptors (Lipinski definition) is 17. The number of hydrogen-bond donors (Lipinski definition) is 1. The lowest BCUT2D eigenvalue weighted by atomic mass is 9.83. The molecule has 2 heterocycles. The summed E-state index contributed by atoms with van der Waals surface area (Å²) in [5.74, 6) is -7.10. The molecular formula is C34H38O17. The zero-order chi connectivity index (χ0) is 38.3. The summed E-state index contributed by atoms with van der Waals surface area (Å²) in [7, 11) is 0. The van der Waals surface area contributed by atoms with E-state index < -0.39 is 122 Å². The molecule has 0 amide bonds. The van der Waals surface area contributed by atoms with Gasteiger partial charge in [0.1, 0.15) is 49.8 Å². The second-order valence-electron chi connectivity index (χ2n) is 10.5. The van der Waals surface area contributed by atoms with Gasteiger partial charge in [0.15, 0.2) is 24.4 Å². The molecule has 17 nitrogen and oxygen atoms in total. The molecule has 0 spiro atoms. The first-order chi connectivity index (χ1) is 24.2. The van der Waals surface area contributed by atoms with E-state index in [2.05, 4.69) is 46.1 Å². The van der Waals surface area contributed by atoms with Crippen molar-refractivity contribution in [2.24, 2.45) is 0 Å². The van der Waals surface area contributed by atoms with Crippen molar-refractivity contribution in [3.63, 3.8) is 0 Å². The Balaban J connectivity index is 2.82. The number of rotatable bonds is 19. The monoisotopic (exact) mass is 718 g/mol. The molecule has 276 valence electrons. The van der Waals surface area contributed by atoms with E-state index in [1.807, 2.05) is 0 Å². The molecule has 2 rings (SSSR count). The van der Waals surface area contributed by atoms with Gasteiger partial charge in [-0.05, 0) is 0 Å². The number of aliphatic hydroxyl groups is 1. The minimum Gasteiger partial charge on any atom is -0.460 e. The lowest BCUT2D eigenvalue weighted by Crippen LogP contribution is -2.63. The van der Waals surface area contributed by atoms with Gasteiger partial charge < -0.3 is 47.7 Å². The quantitative estimate of drug-likeness (QED) is 0.107. The van der Waals surface area contributed by atoms with E-state index >= 15 is 0 Å². The minimum atomic E-state index is -2.16. The highest BCUT2D eigenvalue weighted by molar-refractivity contribution is 5.84. The summed E-state index contributed by atoms with van der Waals surface area (Å²) in [5.41, 5.74) is -2.16. The van der Waals surface area contributed by atoms with E-state index in [0.717, 1.165) is 42.5 Å². The molecule has 1 N–H and O–H groups in total. The third-order valence-electron chi connectivity index (χ3n) is 7.28. The average molecular weight is 719 g/mol. The average Bonchev–Trinajstić information content (AvgIpc) is 3.40. The number of carbonyl (C=O) groups is 7. The minimum absolute atomic E-state index is 0.651. The van der Waals surface area contributed by atoms with Crippen molar-refractivity contribution in [3.8, 4) is 0 Å². The van der Waals surface area contributed by atoms with Crippen LogP contribution in [-0.2, 0) is 76.2 Å². The predicted molar refractivity (Wildman–Crippen MR) is 171 cm³/mol. The van der Waals surface area contributed by atoms with Crippen molar-refractivity contribution in [3.05, 3.63) is 88.6 Å². The van der Waals surface area contributed by atoms with Crippen LogP contribution in [0.1, 0.15) is 6.42 Å². The maximum absolute atomic E-state index is 12.7. The summed E-state index contributed by atoms with van der Waals surface area (Å²) in [5, 5.41) is 11.5. The number of aliphatic hydroxyl groups excluding tert-OH is 1. The fraction of sp³-hybridized carbons (Fsp3) is 0.382. The largest absolute Gasteiger partial charge is 0.460 e. The van der Waals surface area contributed by atoms with Crippen LogP contribution in [-0.4, -0.2) is 121 Å². The fourth-order valence-corrected chi connectivity index (χ4v) is 5.07. The molecular weight excluding hydrogens is 680 g/mol. The van der Waals surface area contributed by atoms with Crippen LogP contribution < -0.4 is 0 Å². The summed E-state index contributed by atoms with van der Waals surface area (Å²) in [6.07, 6.45) is -8.40. The molecule has 2 saturated heterocycles. The zero-order valence-corrected chi connectivity index (χ0v) is 27.4. The van der Waals surface area contributed by atoms with Crippen LogP contribution in [0, 0.1) is 0 Å². The number of carbonyl (C=O) groups excluding carboxylic acids is 7. The van der Waals surface area contributed by atoms with Crippen LogP contribution in [0.3, 0.4) is 0 Å². The molecule has 0 aliphatic carbocycles. The second-order valence-corrected chi connectivity index (χ2v) is 10.5. The van der Waals surface area contributed by atoms with Gasteiger partial charge in [0.2, 0.25) is 0 Å². The first-order valence-corrected chi connectivity index (χ1v) is 14.9. The highest BCUT2D eigenvalue weighted by Gasteiger charge is 2.63. The van der Waals surface area contributed by atoms with Gasteiger partial charge in [0.25, 0.3) is 0 Å². The molecule has 9 atom stereocenters. The molecule has 2 aliphatic heterocycles. The number of ether oxygens (including phenoxy) is 9. The smallest absolute Gasteiger partial charge is 0.330 e. The Labute approximate surface area is 292 Å². The summed E-state index contributed by atoms with van der Waals surface area (Å²) in [6, 6.07) is 0. The maximum Gasteiger partial charge on any atom is 0.330 e. The van der Waals surface area contributed by atoms with Crippen molar-refractivity contribution in [1.29, 1.82) is 0 Å². The summed E-state index contributed by atoms with van der Waals surface area (Å²) < 4.78 is 49.7. The van der Waals surface area contributed by atoms with Crippen LogP contribution in [0.15, 0.2) is 88.6 Å². The Morgan fingerprint density at radius 3 is 1.39 bits per heavy atom. The van der Waals surface area contributed by atoms with Gasteiger partial charge in [0.05, 0.1) is 0 Å². The van der Waals surface area contributed by atoms with Crippen molar-refractivity contribution >= 4 is 41.8 Å². The Morgan fingerprint density at radius 2 is 0.922 bits per heavy atom. The maximum atomic E-state index is 12.7. The predicted octanol–water partition coefficient (Wildman–Crippen LogP) is 0.221. The van der Waals surface area contributed by atoms with Gasteiger partial charge in [-0.2, -0.15) is 0 Å². The third-order valence-corrected chi connectivity index (χ3v) is 7.28. The first kappa shape index (κ1) is 41.5. The molecule has 2 aliphatic rings. The summed E-state index contributed by atoms with van der Waals surface area (Å²) >= 11 is 0. The van der Waals surface area contributed by atoms with Crippen LogP contribution in [0.2, 0.25) is 0 Å². The molecule has 0 aromatic heterocycles. The Hall–Kier alpha value is -5.65. The topological polar surface area (TPSA) is 223 Å². The molecule has 51 heavy (non-hydrogen) atoms. The lowest BCUT2D eigenvalue weighted by molar-refractivity contribution is -0.258. The van der Waals surface area contributed by atoms with E-state index in [9.17, 15) is 38.7 Å². The zero-order valence-electron chi connectivity index (χ0n) is 27.4. The van der Waals surface area contributed by atoms with Crippen molar-refractivity contribution in [2.75, 3.05) is 19.8 Å². The van der Waals surface area contributed by atoms with Crippen LogP contribution in [0.25, 0.3) is 0 Å². The van der Waals surface area contributed by atoms with Gasteiger partial charge in [-0.15, -0.1) is 0 Å². The van der Waals surface area contributed by atoms with Crippen molar-refractivity contribution in [2.45, 2.75) is 60.9 Å². The highest BCUT2D eigenvalue weighted by atomic mass is 16.7. The molecule has 2 fully saturated rings. The molecule has 0 bridgehead atoms. The van der Waals surface area contributed by atoms with Gasteiger partial charge in [-0.25, -0.2) is 33.6 Å². The van der Waals surface area contributed by atoms with E-state index in [-0.39, 0.29) is 0 Å². The molecule has 0 radical (unpaired) electrons. The van der Waals surface area contributed by atoms with E-state index in [4.69, 9.17) is 42.6 Å². The van der Waals surface area contributed by atoms with Gasteiger partial charge >= 0.3 is 41.8 Å². The Kier molecular flexibility index (Phi) is 15.9. The first-order valence-electron chi connectivity index (χ1n) is 14.9. The third kappa shape index (κ3) is 11.2. The number of esters is 7. The summed E-state index contributed by atoms with van der Waals surface area (Å²) in [6.45, 7) is 21.1. The summed E-state index contributed by atoms with van der Waals surface area (Å²) in [4.78, 5) is 86.4. The van der Waals surface area contributed by atoms with Crippen molar-refractivity contribution < 1.29 is 81.3 Å². The van der Waals surface area contributed by atoms with Gasteiger partial charge in [0, 0.05) is 49.0 Å². The SMILES string of the molecule is C=CC(=O)OCC1OC(CC2(COC(=O)C=C)OC(COC(=O)C=C)C(OC(=O)C=C)C2OC(=O)C=C)C(OC(=O)C=C)C(O)C1OC(=O)C=C. The molecule has 0 saturated carbocycles. The molecule has 9 unspecified atom stereocenters. The van der Waals surface area contributed by atoms with Crippen LogP contribution in [0.4, 0.5) is 0 Å². The van der Waals surface area contributed by atoms with Gasteiger partial charge in [-0.1, -0.05) is 46.1 Å². The van der Waals surface area contributed by atoms with Gasteiger partial charge in [-0.3, -0.25) is 0 Å². The molecule has 0 aromatic carbocycles. The van der Waals surface area contributed by atoms with Crippen molar-refractivity contribution in [1.82, 2.24) is 0 Å². The Bertz CT molecular complexity index is 1430. The van der Waals surface area contributed by atoms with Crippen LogP contribution >= 0.6 is 0 Å². The highest BCUT2D eigenvalue weighted by Crippen LogP contribution is 2.43. The Morgan fingerprint density at radius 1 is 0.529 bits per heavy atom. The van der Waals surface area contributed by atoms with Crippen LogP contribution in [0.5, 0.6) is 0 Å². The lowest BCUT2D eigenvalue weighted by Gasteiger charge is -2.46. The van der Waals surface area contributed by atoms with E-state index in [1.54, 1.807) is 0 Å². The molecule has 17 heteroatoms. The molecule has 0 aromatic rings. The van der Waals surface area contributed by atoms with E-state index in [0.29, 0.717) is 0 Å². The second kappa shape index (κ2) is 19.5.